The average molecular weight is 313 g/mol. The third-order valence-corrected chi connectivity index (χ3v) is 3.54. The monoisotopic (exact) mass is 313 g/mol. The highest BCUT2D eigenvalue weighted by Gasteiger charge is 2.27. The molecule has 2 aromatic rings. The normalized spacial score (nSPS) is 15.2. The summed E-state index contributed by atoms with van der Waals surface area (Å²) in [6, 6.07) is 11.4. The highest BCUT2D eigenvalue weighted by molar-refractivity contribution is 5.88. The van der Waals surface area contributed by atoms with Gasteiger partial charge in [-0.15, -0.1) is 0 Å². The molecule has 0 atom stereocenters. The van der Waals surface area contributed by atoms with Gasteiger partial charge in [-0.3, -0.25) is 5.32 Å². The van der Waals surface area contributed by atoms with Crippen LogP contribution in [0.15, 0.2) is 48.5 Å². The predicted octanol–water partition coefficient (Wildman–Crippen LogP) is 4.52. The van der Waals surface area contributed by atoms with E-state index in [1.807, 2.05) is 19.9 Å². The van der Waals surface area contributed by atoms with Crippen LogP contribution in [0, 0.1) is 5.82 Å². The number of anilines is 1. The molecular formula is C18H16FNO3. The van der Waals surface area contributed by atoms with Gasteiger partial charge >= 0.3 is 6.09 Å². The van der Waals surface area contributed by atoms with Crippen LogP contribution >= 0.6 is 0 Å². The van der Waals surface area contributed by atoms with Crippen molar-refractivity contribution in [1.29, 1.82) is 0 Å². The number of amides is 1. The molecule has 2 aromatic carbocycles. The lowest BCUT2D eigenvalue weighted by Crippen LogP contribution is -2.29. The van der Waals surface area contributed by atoms with Crippen molar-refractivity contribution in [3.63, 3.8) is 0 Å². The van der Waals surface area contributed by atoms with E-state index in [4.69, 9.17) is 9.84 Å². The lowest BCUT2D eigenvalue weighted by Gasteiger charge is -2.31. The Balaban J connectivity index is 2.09. The van der Waals surface area contributed by atoms with Crippen LogP contribution in [0.2, 0.25) is 0 Å². The average Bonchev–Trinajstić information content (AvgIpc) is 2.45. The number of rotatable bonds is 2. The molecule has 0 saturated heterocycles. The van der Waals surface area contributed by atoms with Gasteiger partial charge in [0, 0.05) is 17.3 Å². The smallest absolute Gasteiger partial charge is 0.409 e. The quantitative estimate of drug-likeness (QED) is 0.857. The van der Waals surface area contributed by atoms with Crippen LogP contribution in [-0.4, -0.2) is 16.8 Å². The standard InChI is InChI=1S/C18H16FNO3/c1-18(2)10-15(11-3-5-12(19)6-4-11)14-8-7-13(20-17(21)22)9-16(14)23-18/h3-10,20H,1-2H3,(H,21,22). The molecule has 23 heavy (non-hydrogen) atoms. The van der Waals surface area contributed by atoms with E-state index in [0.717, 1.165) is 16.7 Å². The maximum atomic E-state index is 13.2. The van der Waals surface area contributed by atoms with E-state index < -0.39 is 11.7 Å². The zero-order valence-corrected chi connectivity index (χ0v) is 12.8. The van der Waals surface area contributed by atoms with Gasteiger partial charge in [-0.2, -0.15) is 0 Å². The van der Waals surface area contributed by atoms with Crippen LogP contribution < -0.4 is 10.1 Å². The Kier molecular flexibility index (Phi) is 3.56. The Morgan fingerprint density at radius 1 is 1.17 bits per heavy atom. The fourth-order valence-corrected chi connectivity index (χ4v) is 2.64. The van der Waals surface area contributed by atoms with Gasteiger partial charge in [0.1, 0.15) is 17.2 Å². The number of nitrogens with one attached hydrogen (secondary N) is 1. The maximum absolute atomic E-state index is 13.2. The van der Waals surface area contributed by atoms with Gasteiger partial charge in [0.25, 0.3) is 0 Å². The third-order valence-electron chi connectivity index (χ3n) is 3.54. The number of carbonyl (C=O) groups is 1. The predicted molar refractivity (Wildman–Crippen MR) is 86.3 cm³/mol. The number of hydrogen-bond donors (Lipinski definition) is 2. The lowest BCUT2D eigenvalue weighted by atomic mass is 9.90. The molecule has 0 saturated carbocycles. The Hall–Kier alpha value is -2.82. The van der Waals surface area contributed by atoms with Crippen LogP contribution in [0.4, 0.5) is 14.9 Å². The van der Waals surface area contributed by atoms with E-state index in [9.17, 15) is 9.18 Å². The minimum atomic E-state index is -1.13. The zero-order valence-electron chi connectivity index (χ0n) is 12.8. The van der Waals surface area contributed by atoms with Crippen LogP contribution in [-0.2, 0) is 0 Å². The fourth-order valence-electron chi connectivity index (χ4n) is 2.64. The molecule has 2 N–H and O–H groups in total. The summed E-state index contributed by atoms with van der Waals surface area (Å²) in [5, 5.41) is 11.1. The molecule has 1 aliphatic rings. The number of benzene rings is 2. The Morgan fingerprint density at radius 2 is 1.87 bits per heavy atom. The van der Waals surface area contributed by atoms with Gasteiger partial charge in [-0.25, -0.2) is 9.18 Å². The highest BCUT2D eigenvalue weighted by atomic mass is 19.1. The van der Waals surface area contributed by atoms with Crippen molar-refractivity contribution in [2.75, 3.05) is 5.32 Å². The summed E-state index contributed by atoms with van der Waals surface area (Å²) in [5.41, 5.74) is 2.53. The maximum Gasteiger partial charge on any atom is 0.409 e. The van der Waals surface area contributed by atoms with Crippen molar-refractivity contribution in [3.05, 3.63) is 65.5 Å². The molecule has 3 rings (SSSR count). The van der Waals surface area contributed by atoms with E-state index in [-0.39, 0.29) is 5.82 Å². The molecule has 5 heteroatoms. The lowest BCUT2D eigenvalue weighted by molar-refractivity contribution is 0.158. The molecule has 0 aromatic heterocycles. The van der Waals surface area contributed by atoms with Crippen LogP contribution in [0.3, 0.4) is 0 Å². The zero-order chi connectivity index (χ0) is 16.6. The van der Waals surface area contributed by atoms with Crippen LogP contribution in [0.5, 0.6) is 5.75 Å². The summed E-state index contributed by atoms with van der Waals surface area (Å²) in [7, 11) is 0. The van der Waals surface area contributed by atoms with E-state index in [1.165, 1.54) is 12.1 Å². The van der Waals surface area contributed by atoms with Crippen molar-refractivity contribution in [3.8, 4) is 5.75 Å². The van der Waals surface area contributed by atoms with Crippen molar-refractivity contribution in [2.45, 2.75) is 19.4 Å². The summed E-state index contributed by atoms with van der Waals surface area (Å²) in [6.07, 6.45) is 0.849. The van der Waals surface area contributed by atoms with E-state index >= 15 is 0 Å². The first-order valence-corrected chi connectivity index (χ1v) is 7.16. The van der Waals surface area contributed by atoms with E-state index in [1.54, 1.807) is 30.3 Å². The van der Waals surface area contributed by atoms with Crippen molar-refractivity contribution >= 4 is 17.4 Å². The largest absolute Gasteiger partial charge is 0.483 e. The molecule has 0 fully saturated rings. The van der Waals surface area contributed by atoms with Crippen molar-refractivity contribution < 1.29 is 19.0 Å². The molecule has 0 spiro atoms. The number of carboxylic acid groups (broad SMARTS) is 1. The topological polar surface area (TPSA) is 58.6 Å². The molecule has 1 heterocycles. The molecule has 0 bridgehead atoms. The minimum absolute atomic E-state index is 0.290. The molecule has 0 radical (unpaired) electrons. The van der Waals surface area contributed by atoms with Gasteiger partial charge in [-0.05, 0) is 55.3 Å². The second-order valence-corrected chi connectivity index (χ2v) is 5.91. The van der Waals surface area contributed by atoms with Gasteiger partial charge in [-0.1, -0.05) is 12.1 Å². The molecular weight excluding hydrogens is 297 g/mol. The summed E-state index contributed by atoms with van der Waals surface area (Å²) < 4.78 is 19.1. The SMILES string of the molecule is CC1(C)C=C(c2ccc(F)cc2)c2ccc(NC(=O)O)cc2O1. The van der Waals surface area contributed by atoms with Crippen molar-refractivity contribution in [2.24, 2.45) is 0 Å². The summed E-state index contributed by atoms with van der Waals surface area (Å²) >= 11 is 0. The summed E-state index contributed by atoms with van der Waals surface area (Å²) in [5.74, 6) is 0.296. The molecule has 118 valence electrons. The van der Waals surface area contributed by atoms with Crippen LogP contribution in [0.25, 0.3) is 5.57 Å². The van der Waals surface area contributed by atoms with Gasteiger partial charge in [0.2, 0.25) is 0 Å². The second-order valence-electron chi connectivity index (χ2n) is 5.91. The molecule has 1 amide bonds. The Labute approximate surface area is 133 Å². The molecule has 1 aliphatic heterocycles. The Bertz CT molecular complexity index is 794. The first-order chi connectivity index (χ1) is 10.8. The van der Waals surface area contributed by atoms with E-state index in [2.05, 4.69) is 5.32 Å². The van der Waals surface area contributed by atoms with Crippen molar-refractivity contribution in [1.82, 2.24) is 0 Å². The number of hydrogen-bond acceptors (Lipinski definition) is 2. The minimum Gasteiger partial charge on any atom is -0.483 e. The first kappa shape index (κ1) is 15.1. The van der Waals surface area contributed by atoms with Gasteiger partial charge in [0.15, 0.2) is 0 Å². The molecule has 0 unspecified atom stereocenters. The summed E-state index contributed by atoms with van der Waals surface area (Å²) in [4.78, 5) is 10.8. The van der Waals surface area contributed by atoms with E-state index in [0.29, 0.717) is 11.4 Å². The summed E-state index contributed by atoms with van der Waals surface area (Å²) in [6.45, 7) is 3.83. The molecule has 4 nitrogen and oxygen atoms in total. The first-order valence-electron chi connectivity index (χ1n) is 7.16. The third kappa shape index (κ3) is 3.18. The van der Waals surface area contributed by atoms with Crippen LogP contribution in [0.1, 0.15) is 25.0 Å². The number of halogens is 1. The van der Waals surface area contributed by atoms with Gasteiger partial charge < -0.3 is 9.84 Å². The number of ether oxygens (including phenoxy) is 1. The molecule has 0 aliphatic carbocycles. The van der Waals surface area contributed by atoms with Gasteiger partial charge in [0.05, 0.1) is 0 Å². The number of fused-ring (bicyclic) bond motifs is 1. The Morgan fingerprint density at radius 3 is 2.52 bits per heavy atom. The second kappa shape index (κ2) is 5.43. The fraction of sp³-hybridized carbons (Fsp3) is 0.167. The highest BCUT2D eigenvalue weighted by Crippen LogP contribution is 2.40.